The lowest BCUT2D eigenvalue weighted by atomic mass is 9.94. The molecule has 2 bridgehead atoms. The molecule has 4 N–H and O–H groups in total. The van der Waals surface area contributed by atoms with Crippen molar-refractivity contribution in [3.63, 3.8) is 0 Å². The molecule has 0 aliphatic carbocycles. The number of ether oxygens (including phenoxy) is 4. The van der Waals surface area contributed by atoms with Crippen molar-refractivity contribution in [1.29, 1.82) is 0 Å². The fraction of sp³-hybridized carbons (Fsp3) is 0.879. The van der Waals surface area contributed by atoms with Gasteiger partial charge in [-0.2, -0.15) is 0 Å². The number of aliphatic hydroxyl groups is 1. The van der Waals surface area contributed by atoms with Gasteiger partial charge in [0.2, 0.25) is 0 Å². The highest BCUT2D eigenvalue weighted by molar-refractivity contribution is 5.79. The molecule has 9 nitrogen and oxygen atoms in total. The van der Waals surface area contributed by atoms with Gasteiger partial charge < -0.3 is 34.9 Å². The van der Waals surface area contributed by atoms with Crippen LogP contribution in [0.25, 0.3) is 0 Å². The van der Waals surface area contributed by atoms with Crippen LogP contribution >= 0.6 is 0 Å². The molecule has 0 saturated carbocycles. The number of carboxylic acids is 1. The van der Waals surface area contributed by atoms with Crippen LogP contribution in [0, 0.1) is 0 Å². The van der Waals surface area contributed by atoms with E-state index in [4.69, 9.17) is 34.9 Å². The normalized spacial score (nSPS) is 24.3. The Morgan fingerprint density at radius 1 is 0.929 bits per heavy atom. The summed E-state index contributed by atoms with van der Waals surface area (Å²) < 4.78 is 24.0. The van der Waals surface area contributed by atoms with Crippen LogP contribution in [0.3, 0.4) is 0 Å². The SMILES string of the molecule is CC(=O)O[C@@H]1CC[C@]2(CCCCCCCCCCCCCCCOC[C@@H](N)CO)O[C@H]1[C@@H](CCCC/C=C/C(=O)O)O2. The first-order valence-corrected chi connectivity index (χ1v) is 16.7. The Labute approximate surface area is 253 Å². The highest BCUT2D eigenvalue weighted by Gasteiger charge is 2.54. The molecule has 0 radical (unpaired) electrons. The maximum Gasteiger partial charge on any atom is 0.327 e. The number of carboxylic acid groups (broad SMARTS) is 1. The molecular formula is C33H59NO8. The van der Waals surface area contributed by atoms with Crippen LogP contribution in [-0.4, -0.2) is 72.1 Å². The number of rotatable bonds is 26. The van der Waals surface area contributed by atoms with Crippen LogP contribution in [0.1, 0.15) is 135 Å². The monoisotopic (exact) mass is 597 g/mol. The number of carbonyl (C=O) groups is 2. The third kappa shape index (κ3) is 15.8. The molecule has 9 heteroatoms. The maximum atomic E-state index is 11.6. The van der Waals surface area contributed by atoms with Gasteiger partial charge in [-0.1, -0.05) is 83.1 Å². The average molecular weight is 598 g/mol. The summed E-state index contributed by atoms with van der Waals surface area (Å²) >= 11 is 0. The Morgan fingerprint density at radius 3 is 2.14 bits per heavy atom. The lowest BCUT2D eigenvalue weighted by molar-refractivity contribution is -0.220. The third-order valence-electron chi connectivity index (χ3n) is 8.36. The van der Waals surface area contributed by atoms with Gasteiger partial charge in [-0.25, -0.2) is 4.79 Å². The predicted octanol–water partition coefficient (Wildman–Crippen LogP) is 6.19. The summed E-state index contributed by atoms with van der Waals surface area (Å²) in [5.74, 6) is -1.74. The highest BCUT2D eigenvalue weighted by atomic mass is 16.8. The van der Waals surface area contributed by atoms with Crippen molar-refractivity contribution in [3.8, 4) is 0 Å². The summed E-state index contributed by atoms with van der Waals surface area (Å²) in [6, 6.07) is -0.256. The largest absolute Gasteiger partial charge is 0.478 e. The molecule has 0 amide bonds. The van der Waals surface area contributed by atoms with E-state index in [1.165, 1.54) is 83.6 Å². The molecule has 2 aliphatic rings. The van der Waals surface area contributed by atoms with Crippen LogP contribution < -0.4 is 5.73 Å². The van der Waals surface area contributed by atoms with Crippen LogP contribution in [0.2, 0.25) is 0 Å². The van der Waals surface area contributed by atoms with Crippen molar-refractivity contribution < 1.29 is 38.7 Å². The van der Waals surface area contributed by atoms with Crippen molar-refractivity contribution >= 4 is 11.9 Å². The zero-order chi connectivity index (χ0) is 30.5. The van der Waals surface area contributed by atoms with Gasteiger partial charge in [0.05, 0.1) is 25.4 Å². The zero-order valence-electron chi connectivity index (χ0n) is 26.1. The van der Waals surface area contributed by atoms with E-state index in [1.54, 1.807) is 6.08 Å². The van der Waals surface area contributed by atoms with Crippen molar-refractivity contribution in [1.82, 2.24) is 0 Å². The van der Waals surface area contributed by atoms with E-state index in [0.717, 1.165) is 64.4 Å². The summed E-state index contributed by atoms with van der Waals surface area (Å²) in [5, 5.41) is 17.6. The Kier molecular flexibility index (Phi) is 19.3. The van der Waals surface area contributed by atoms with Crippen LogP contribution in [0.5, 0.6) is 0 Å². The Hall–Kier alpha value is -1.52. The Morgan fingerprint density at radius 2 is 1.55 bits per heavy atom. The second-order valence-corrected chi connectivity index (χ2v) is 12.2. The lowest BCUT2D eigenvalue weighted by Crippen LogP contribution is -2.43. The number of esters is 1. The average Bonchev–Trinajstić information content (AvgIpc) is 3.25. The molecule has 2 heterocycles. The lowest BCUT2D eigenvalue weighted by Gasteiger charge is -2.35. The Balaban J connectivity index is 1.50. The summed E-state index contributed by atoms with van der Waals surface area (Å²) in [4.78, 5) is 22.3. The summed E-state index contributed by atoms with van der Waals surface area (Å²) in [6.07, 6.45) is 24.3. The number of nitrogens with two attached hydrogens (primary N) is 1. The molecule has 42 heavy (non-hydrogen) atoms. The minimum Gasteiger partial charge on any atom is -0.478 e. The first-order valence-electron chi connectivity index (χ1n) is 16.7. The van der Waals surface area contributed by atoms with Crippen LogP contribution in [0.15, 0.2) is 12.2 Å². The second-order valence-electron chi connectivity index (χ2n) is 12.2. The number of aliphatic hydroxyl groups excluding tert-OH is 1. The number of aliphatic carboxylic acids is 1. The first-order chi connectivity index (χ1) is 20.3. The standard InChI is InChI=1S/C33H59NO8/c1-27(36)40-29-21-23-33(41-30(32(29)42-33)19-15-11-12-16-20-31(37)38)22-17-13-9-7-5-3-2-4-6-8-10-14-18-24-39-26-28(34)25-35/h16,20,28-30,32,35H,2-15,17-19,21-26,34H2,1H3,(H,37,38)/b20-16+/t28-,29+,30+,32+,33-/m0/s1. The second kappa shape index (κ2) is 22.1. The van der Waals surface area contributed by atoms with Gasteiger partial charge in [0.1, 0.15) is 12.2 Å². The van der Waals surface area contributed by atoms with Gasteiger partial charge in [0.15, 0.2) is 5.79 Å². The predicted molar refractivity (Wildman–Crippen MR) is 163 cm³/mol. The number of carbonyl (C=O) groups excluding carboxylic acids is 1. The molecule has 5 atom stereocenters. The van der Waals surface area contributed by atoms with E-state index in [0.29, 0.717) is 6.61 Å². The van der Waals surface area contributed by atoms with Crippen molar-refractivity contribution in [3.05, 3.63) is 12.2 Å². The maximum absolute atomic E-state index is 11.6. The summed E-state index contributed by atoms with van der Waals surface area (Å²) in [6.45, 7) is 2.61. The van der Waals surface area contributed by atoms with Crippen LogP contribution in [0.4, 0.5) is 0 Å². The zero-order valence-corrected chi connectivity index (χ0v) is 26.1. The van der Waals surface area contributed by atoms with Gasteiger partial charge >= 0.3 is 11.9 Å². The Bertz CT molecular complexity index is 762. The summed E-state index contributed by atoms with van der Waals surface area (Å²) in [5.41, 5.74) is 5.61. The minimum absolute atomic E-state index is 0.0188. The van der Waals surface area contributed by atoms with Crippen molar-refractivity contribution in [2.75, 3.05) is 19.8 Å². The third-order valence-corrected chi connectivity index (χ3v) is 8.36. The molecular weight excluding hydrogens is 538 g/mol. The van der Waals surface area contributed by atoms with E-state index in [2.05, 4.69) is 0 Å². The van der Waals surface area contributed by atoms with E-state index in [-0.39, 0.29) is 36.9 Å². The topological polar surface area (TPSA) is 138 Å². The quantitative estimate of drug-likeness (QED) is 0.0605. The highest BCUT2D eigenvalue weighted by Crippen LogP contribution is 2.45. The number of fused-ring (bicyclic) bond motifs is 2. The van der Waals surface area contributed by atoms with Gasteiger partial charge in [-0.15, -0.1) is 0 Å². The van der Waals surface area contributed by atoms with E-state index in [9.17, 15) is 9.59 Å². The van der Waals surface area contributed by atoms with E-state index in [1.807, 2.05) is 0 Å². The van der Waals surface area contributed by atoms with Gasteiger partial charge in [-0.3, -0.25) is 4.79 Å². The summed E-state index contributed by atoms with van der Waals surface area (Å²) in [7, 11) is 0. The first kappa shape index (κ1) is 36.7. The molecule has 244 valence electrons. The molecule has 0 aromatic carbocycles. The molecule has 0 unspecified atom stereocenters. The van der Waals surface area contributed by atoms with Crippen molar-refractivity contribution in [2.45, 2.75) is 165 Å². The molecule has 0 spiro atoms. The number of unbranched alkanes of at least 4 members (excludes halogenated alkanes) is 14. The van der Waals surface area contributed by atoms with Gasteiger partial charge in [0.25, 0.3) is 0 Å². The molecule has 0 aromatic heterocycles. The molecule has 2 rings (SSSR count). The van der Waals surface area contributed by atoms with Gasteiger partial charge in [0, 0.05) is 32.4 Å². The fourth-order valence-corrected chi connectivity index (χ4v) is 6.08. The van der Waals surface area contributed by atoms with Crippen LogP contribution in [-0.2, 0) is 28.5 Å². The molecule has 0 aromatic rings. The molecule has 2 saturated heterocycles. The number of hydrogen-bond acceptors (Lipinski definition) is 8. The molecule has 2 aliphatic heterocycles. The smallest absolute Gasteiger partial charge is 0.327 e. The van der Waals surface area contributed by atoms with E-state index >= 15 is 0 Å². The van der Waals surface area contributed by atoms with E-state index < -0.39 is 11.8 Å². The number of allylic oxidation sites excluding steroid dienone is 1. The fourth-order valence-electron chi connectivity index (χ4n) is 6.08. The molecule has 2 fully saturated rings. The minimum atomic E-state index is -0.915. The number of hydrogen-bond donors (Lipinski definition) is 3. The van der Waals surface area contributed by atoms with Gasteiger partial charge in [-0.05, 0) is 38.5 Å². The van der Waals surface area contributed by atoms with Crippen molar-refractivity contribution in [2.24, 2.45) is 5.73 Å².